The third-order valence-electron chi connectivity index (χ3n) is 2.81. The minimum Gasteiger partial charge on any atom is -0.275 e. The Kier molecular flexibility index (Phi) is 3.36. The van der Waals surface area contributed by atoms with Gasteiger partial charge in [0.25, 0.3) is 23.6 Å². The molecule has 0 saturated carbocycles. The highest BCUT2D eigenvalue weighted by Gasteiger charge is 2.24. The zero-order valence-electron chi connectivity index (χ0n) is 9.67. The summed E-state index contributed by atoms with van der Waals surface area (Å²) < 4.78 is 0. The molecule has 0 N–H and O–H groups in total. The van der Waals surface area contributed by atoms with Gasteiger partial charge < -0.3 is 0 Å². The molecule has 2 rings (SSSR count). The van der Waals surface area contributed by atoms with Crippen LogP contribution in [0.25, 0.3) is 0 Å². The van der Waals surface area contributed by atoms with Crippen molar-refractivity contribution in [2.75, 3.05) is 13.1 Å². The first-order valence-electron chi connectivity index (χ1n) is 5.66. The van der Waals surface area contributed by atoms with Crippen molar-refractivity contribution in [3.05, 3.63) is 24.3 Å². The largest absolute Gasteiger partial charge is 0.275 e. The molecule has 0 saturated heterocycles. The summed E-state index contributed by atoms with van der Waals surface area (Å²) in [6, 6.07) is 0. The molecule has 2 heterocycles. The minimum absolute atomic E-state index is 0.310. The highest BCUT2D eigenvalue weighted by Crippen LogP contribution is 2.08. The fourth-order valence-corrected chi connectivity index (χ4v) is 1.84. The Morgan fingerprint density at radius 2 is 0.889 bits per heavy atom. The lowest BCUT2D eigenvalue weighted by Gasteiger charge is -2.16. The van der Waals surface area contributed by atoms with Crippen LogP contribution in [0.2, 0.25) is 0 Å². The molecular formula is C12H12N2O4. The Balaban J connectivity index is 1.71. The molecule has 0 fully saturated rings. The zero-order chi connectivity index (χ0) is 13.1. The predicted octanol–water partition coefficient (Wildman–Crippen LogP) is -0.383. The van der Waals surface area contributed by atoms with Crippen LogP contribution in [0.15, 0.2) is 24.3 Å². The van der Waals surface area contributed by atoms with Gasteiger partial charge >= 0.3 is 0 Å². The Hall–Kier alpha value is -2.24. The zero-order valence-corrected chi connectivity index (χ0v) is 9.67. The molecule has 0 unspecified atom stereocenters. The van der Waals surface area contributed by atoms with Crippen LogP contribution in [0.4, 0.5) is 0 Å². The quantitative estimate of drug-likeness (QED) is 0.491. The van der Waals surface area contributed by atoms with Crippen LogP contribution in [0.3, 0.4) is 0 Å². The van der Waals surface area contributed by atoms with Gasteiger partial charge in [0, 0.05) is 37.4 Å². The number of hydrogen-bond acceptors (Lipinski definition) is 4. The lowest BCUT2D eigenvalue weighted by atomic mass is 10.2. The summed E-state index contributed by atoms with van der Waals surface area (Å²) in [5, 5.41) is 0. The maximum atomic E-state index is 11.2. The molecule has 0 aromatic heterocycles. The number of unbranched alkanes of at least 4 members (excludes halogenated alkanes) is 1. The van der Waals surface area contributed by atoms with E-state index < -0.39 is 0 Å². The summed E-state index contributed by atoms with van der Waals surface area (Å²) in [6.45, 7) is 0.628. The van der Waals surface area contributed by atoms with E-state index in [1.165, 1.54) is 24.3 Å². The highest BCUT2D eigenvalue weighted by atomic mass is 16.2. The summed E-state index contributed by atoms with van der Waals surface area (Å²) in [5.74, 6) is -1.24. The van der Waals surface area contributed by atoms with Crippen LogP contribution in [0.5, 0.6) is 0 Å². The van der Waals surface area contributed by atoms with Crippen molar-refractivity contribution >= 4 is 23.6 Å². The summed E-state index contributed by atoms with van der Waals surface area (Å²) in [7, 11) is 0. The van der Waals surface area contributed by atoms with Crippen molar-refractivity contribution < 1.29 is 19.2 Å². The van der Waals surface area contributed by atoms with Gasteiger partial charge in [0.2, 0.25) is 0 Å². The number of carbonyl (C=O) groups excluding carboxylic acids is 4. The maximum Gasteiger partial charge on any atom is 0.253 e. The normalized spacial score (nSPS) is 18.7. The molecule has 0 atom stereocenters. The Bertz CT molecular complexity index is 398. The van der Waals surface area contributed by atoms with Crippen molar-refractivity contribution in [1.82, 2.24) is 9.80 Å². The maximum absolute atomic E-state index is 11.2. The Morgan fingerprint density at radius 1 is 0.611 bits per heavy atom. The SMILES string of the molecule is O=C1C=CC(=O)N1CCCCN1C(=O)C=CC1=O. The van der Waals surface area contributed by atoms with E-state index in [1.54, 1.807) is 0 Å². The average molecular weight is 248 g/mol. The standard InChI is InChI=1S/C12H12N2O4/c15-9-3-4-10(16)13(9)7-1-2-8-14-11(17)5-6-12(14)18/h3-6H,1-2,7-8H2. The predicted molar refractivity (Wildman–Crippen MR) is 61.0 cm³/mol. The first-order valence-corrected chi connectivity index (χ1v) is 5.66. The fraction of sp³-hybridized carbons (Fsp3) is 0.333. The van der Waals surface area contributed by atoms with Gasteiger partial charge in [-0.25, -0.2) is 0 Å². The smallest absolute Gasteiger partial charge is 0.253 e. The van der Waals surface area contributed by atoms with E-state index >= 15 is 0 Å². The van der Waals surface area contributed by atoms with Crippen LogP contribution >= 0.6 is 0 Å². The summed E-state index contributed by atoms with van der Waals surface area (Å²) in [5.41, 5.74) is 0. The van der Waals surface area contributed by atoms with E-state index in [4.69, 9.17) is 0 Å². The summed E-state index contributed by atoms with van der Waals surface area (Å²) >= 11 is 0. The topological polar surface area (TPSA) is 74.8 Å². The number of hydrogen-bond donors (Lipinski definition) is 0. The molecule has 2 aliphatic heterocycles. The molecule has 6 nitrogen and oxygen atoms in total. The molecule has 0 aromatic rings. The number of amides is 4. The van der Waals surface area contributed by atoms with Gasteiger partial charge in [0.15, 0.2) is 0 Å². The van der Waals surface area contributed by atoms with E-state index in [1.807, 2.05) is 0 Å². The van der Waals surface area contributed by atoms with E-state index in [2.05, 4.69) is 0 Å². The second kappa shape index (κ2) is 4.95. The lowest BCUT2D eigenvalue weighted by molar-refractivity contribution is -0.139. The van der Waals surface area contributed by atoms with Crippen LogP contribution in [-0.2, 0) is 19.2 Å². The second-order valence-electron chi connectivity index (χ2n) is 4.03. The fourth-order valence-electron chi connectivity index (χ4n) is 1.84. The van der Waals surface area contributed by atoms with E-state index in [9.17, 15) is 19.2 Å². The third kappa shape index (κ3) is 2.37. The molecule has 0 aliphatic carbocycles. The summed E-state index contributed by atoms with van der Waals surface area (Å²) in [4.78, 5) is 47.2. The molecule has 18 heavy (non-hydrogen) atoms. The monoisotopic (exact) mass is 248 g/mol. The van der Waals surface area contributed by atoms with Crippen LogP contribution in [-0.4, -0.2) is 46.5 Å². The molecule has 0 bridgehead atoms. The van der Waals surface area contributed by atoms with Crippen LogP contribution in [0.1, 0.15) is 12.8 Å². The Labute approximate surface area is 104 Å². The van der Waals surface area contributed by atoms with Gasteiger partial charge in [-0.2, -0.15) is 0 Å². The molecule has 0 radical (unpaired) electrons. The third-order valence-corrected chi connectivity index (χ3v) is 2.81. The van der Waals surface area contributed by atoms with Gasteiger partial charge in [-0.3, -0.25) is 29.0 Å². The highest BCUT2D eigenvalue weighted by molar-refractivity contribution is 6.13. The minimum atomic E-state index is -0.310. The van der Waals surface area contributed by atoms with Gasteiger partial charge in [-0.05, 0) is 12.8 Å². The molecule has 6 heteroatoms. The van der Waals surface area contributed by atoms with Crippen molar-refractivity contribution in [2.45, 2.75) is 12.8 Å². The molecule has 0 spiro atoms. The first-order chi connectivity index (χ1) is 8.59. The number of nitrogens with zero attached hydrogens (tertiary/aromatic N) is 2. The molecule has 0 aromatic carbocycles. The van der Waals surface area contributed by atoms with E-state index in [-0.39, 0.29) is 23.6 Å². The van der Waals surface area contributed by atoms with Crippen molar-refractivity contribution in [2.24, 2.45) is 0 Å². The number of imide groups is 2. The number of rotatable bonds is 5. The van der Waals surface area contributed by atoms with Crippen molar-refractivity contribution in [1.29, 1.82) is 0 Å². The first kappa shape index (κ1) is 12.2. The van der Waals surface area contributed by atoms with E-state index in [0.717, 1.165) is 9.80 Å². The molecule has 2 aliphatic rings. The lowest BCUT2D eigenvalue weighted by Crippen LogP contribution is -2.33. The number of carbonyl (C=O) groups is 4. The van der Waals surface area contributed by atoms with Crippen molar-refractivity contribution in [3.8, 4) is 0 Å². The summed E-state index contributed by atoms with van der Waals surface area (Å²) in [6.07, 6.45) is 6.07. The molecule has 94 valence electrons. The molecule has 4 amide bonds. The van der Waals surface area contributed by atoms with Gasteiger partial charge in [-0.15, -0.1) is 0 Å². The Morgan fingerprint density at radius 3 is 1.17 bits per heavy atom. The average Bonchev–Trinajstić information content (AvgIpc) is 2.82. The van der Waals surface area contributed by atoms with E-state index in [0.29, 0.717) is 25.9 Å². The molecular weight excluding hydrogens is 236 g/mol. The van der Waals surface area contributed by atoms with Gasteiger partial charge in [0.05, 0.1) is 0 Å². The van der Waals surface area contributed by atoms with Gasteiger partial charge in [-0.1, -0.05) is 0 Å². The second-order valence-corrected chi connectivity index (χ2v) is 4.03. The van der Waals surface area contributed by atoms with Crippen LogP contribution in [0, 0.1) is 0 Å². The van der Waals surface area contributed by atoms with Gasteiger partial charge in [0.1, 0.15) is 0 Å². The van der Waals surface area contributed by atoms with Crippen molar-refractivity contribution in [3.63, 3.8) is 0 Å². The van der Waals surface area contributed by atoms with Crippen LogP contribution < -0.4 is 0 Å².